The maximum absolute atomic E-state index is 12.4. The van der Waals surface area contributed by atoms with Crippen LogP contribution in [0, 0.1) is 6.92 Å². The molecule has 0 unspecified atom stereocenters. The van der Waals surface area contributed by atoms with Crippen LogP contribution in [0.25, 0.3) is 10.2 Å². The molecule has 0 aliphatic carbocycles. The lowest BCUT2D eigenvalue weighted by Gasteiger charge is -2.46. The minimum Gasteiger partial charge on any atom is -0.369 e. The van der Waals surface area contributed by atoms with Gasteiger partial charge in [-0.2, -0.15) is 0 Å². The van der Waals surface area contributed by atoms with Crippen molar-refractivity contribution in [3.8, 4) is 0 Å². The summed E-state index contributed by atoms with van der Waals surface area (Å²) in [6.07, 6.45) is 3.88. The average molecular weight is 376 g/mol. The second-order valence-electron chi connectivity index (χ2n) is 8.54. The molecule has 0 aromatic carbocycles. The summed E-state index contributed by atoms with van der Waals surface area (Å²) in [6, 6.07) is 2.29. The van der Waals surface area contributed by atoms with Gasteiger partial charge in [-0.3, -0.25) is 4.79 Å². The lowest BCUT2D eigenvalue weighted by atomic mass is 9.79. The molecule has 3 heterocycles. The largest absolute Gasteiger partial charge is 0.369 e. The van der Waals surface area contributed by atoms with Gasteiger partial charge >= 0.3 is 0 Å². The number of carbonyl (C=O) groups excluding carboxylic acids is 1. The zero-order valence-corrected chi connectivity index (χ0v) is 17.1. The van der Waals surface area contributed by atoms with Crippen LogP contribution in [0.1, 0.15) is 51.8 Å². The van der Waals surface area contributed by atoms with Crippen LogP contribution >= 0.6 is 11.3 Å². The first-order valence-corrected chi connectivity index (χ1v) is 9.99. The van der Waals surface area contributed by atoms with E-state index in [4.69, 9.17) is 0 Å². The van der Waals surface area contributed by atoms with E-state index in [9.17, 15) is 4.79 Å². The highest BCUT2D eigenvalue weighted by Gasteiger charge is 2.38. The topological polar surface area (TPSA) is 78.9 Å². The number of anilines is 1. The number of nitrogens with one attached hydrogen (secondary N) is 3. The van der Waals surface area contributed by atoms with E-state index >= 15 is 0 Å². The van der Waals surface area contributed by atoms with E-state index in [1.165, 1.54) is 4.88 Å². The quantitative estimate of drug-likeness (QED) is 0.748. The van der Waals surface area contributed by atoms with Gasteiger partial charge in [-0.25, -0.2) is 9.97 Å². The van der Waals surface area contributed by atoms with Gasteiger partial charge < -0.3 is 16.0 Å². The van der Waals surface area contributed by atoms with Crippen LogP contribution in [0.3, 0.4) is 0 Å². The Labute approximate surface area is 159 Å². The molecule has 142 valence electrons. The van der Waals surface area contributed by atoms with E-state index in [0.717, 1.165) is 28.9 Å². The zero-order chi connectivity index (χ0) is 18.9. The van der Waals surface area contributed by atoms with Gasteiger partial charge in [-0.15, -0.1) is 11.3 Å². The van der Waals surface area contributed by atoms with Gasteiger partial charge in [0.1, 0.15) is 17.0 Å². The van der Waals surface area contributed by atoms with Gasteiger partial charge in [0.25, 0.3) is 0 Å². The second-order valence-corrected chi connectivity index (χ2v) is 9.78. The van der Waals surface area contributed by atoms with Gasteiger partial charge in [0, 0.05) is 35.0 Å². The molecule has 0 saturated carbocycles. The summed E-state index contributed by atoms with van der Waals surface area (Å²) in [5.74, 6) is 0.888. The third-order valence-electron chi connectivity index (χ3n) is 4.65. The monoisotopic (exact) mass is 375 g/mol. The molecule has 26 heavy (non-hydrogen) atoms. The van der Waals surface area contributed by atoms with Crippen LogP contribution in [0.4, 0.5) is 5.82 Å². The van der Waals surface area contributed by atoms with Crippen molar-refractivity contribution in [3.63, 3.8) is 0 Å². The Morgan fingerprint density at radius 1 is 1.27 bits per heavy atom. The molecule has 2 aromatic rings. The van der Waals surface area contributed by atoms with Crippen molar-refractivity contribution in [3.05, 3.63) is 17.3 Å². The van der Waals surface area contributed by atoms with Gasteiger partial charge in [0.2, 0.25) is 5.91 Å². The van der Waals surface area contributed by atoms with Crippen LogP contribution in [0.2, 0.25) is 0 Å². The normalized spacial score (nSPS) is 19.4. The SMILES string of the molecule is Cc1cc2c(NCCC(=O)NC3CC(C)(C)NC(C)(C)C3)ncnc2s1. The van der Waals surface area contributed by atoms with E-state index in [1.807, 2.05) is 0 Å². The van der Waals surface area contributed by atoms with Crippen molar-refractivity contribution < 1.29 is 4.79 Å². The summed E-state index contributed by atoms with van der Waals surface area (Å²) in [4.78, 5) is 23.2. The Balaban J connectivity index is 1.53. The average Bonchev–Trinajstić information content (AvgIpc) is 2.84. The Morgan fingerprint density at radius 2 is 1.96 bits per heavy atom. The molecular weight excluding hydrogens is 346 g/mol. The van der Waals surface area contributed by atoms with E-state index in [2.05, 4.69) is 66.6 Å². The molecule has 0 radical (unpaired) electrons. The Kier molecular flexibility index (Phi) is 5.21. The molecule has 0 bridgehead atoms. The molecule has 6 nitrogen and oxygen atoms in total. The fourth-order valence-electron chi connectivity index (χ4n) is 4.14. The molecule has 3 rings (SSSR count). The maximum atomic E-state index is 12.4. The van der Waals surface area contributed by atoms with Crippen LogP contribution in [-0.2, 0) is 4.79 Å². The highest BCUT2D eigenvalue weighted by Crippen LogP contribution is 2.29. The fourth-order valence-corrected chi connectivity index (χ4v) is 4.98. The van der Waals surface area contributed by atoms with E-state index in [-0.39, 0.29) is 23.0 Å². The number of rotatable bonds is 5. The number of aromatic nitrogens is 2. The Hall–Kier alpha value is -1.73. The highest BCUT2D eigenvalue weighted by molar-refractivity contribution is 7.18. The molecule has 1 amide bonds. The third kappa shape index (κ3) is 4.71. The number of carbonyl (C=O) groups is 1. The molecule has 2 aromatic heterocycles. The molecule has 7 heteroatoms. The van der Waals surface area contributed by atoms with Crippen molar-refractivity contribution in [1.82, 2.24) is 20.6 Å². The van der Waals surface area contributed by atoms with Gasteiger partial charge in [-0.1, -0.05) is 0 Å². The summed E-state index contributed by atoms with van der Waals surface area (Å²) in [5, 5.41) is 11.2. The number of amides is 1. The molecule has 1 fully saturated rings. The predicted molar refractivity (Wildman–Crippen MR) is 108 cm³/mol. The number of aryl methyl sites for hydroxylation is 1. The molecule has 3 N–H and O–H groups in total. The van der Waals surface area contributed by atoms with Crippen molar-refractivity contribution in [2.45, 2.75) is 71.0 Å². The zero-order valence-electron chi connectivity index (χ0n) is 16.3. The summed E-state index contributed by atoms with van der Waals surface area (Å²) in [6.45, 7) is 11.4. The lowest BCUT2D eigenvalue weighted by Crippen LogP contribution is -2.62. The van der Waals surface area contributed by atoms with E-state index in [0.29, 0.717) is 13.0 Å². The fraction of sp³-hybridized carbons (Fsp3) is 0.632. The first-order chi connectivity index (χ1) is 12.1. The minimum absolute atomic E-state index is 0.0291. The van der Waals surface area contributed by atoms with Crippen LogP contribution in [-0.4, -0.2) is 39.5 Å². The number of nitrogens with zero attached hydrogens (tertiary/aromatic N) is 2. The minimum atomic E-state index is 0.0291. The van der Waals surface area contributed by atoms with E-state index in [1.54, 1.807) is 17.7 Å². The first kappa shape index (κ1) is 19.0. The summed E-state index contributed by atoms with van der Waals surface area (Å²) < 4.78 is 0. The summed E-state index contributed by atoms with van der Waals surface area (Å²) in [5.41, 5.74) is 0.0582. The maximum Gasteiger partial charge on any atom is 0.221 e. The highest BCUT2D eigenvalue weighted by atomic mass is 32.1. The molecule has 0 spiro atoms. The third-order valence-corrected chi connectivity index (χ3v) is 5.61. The number of piperidine rings is 1. The predicted octanol–water partition coefficient (Wildman–Crippen LogP) is 3.23. The van der Waals surface area contributed by atoms with Gasteiger partial charge in [0.05, 0.1) is 5.39 Å². The standard InChI is InChI=1S/C19H29N5OS/c1-12-8-14-16(21-11-22-17(14)26-12)20-7-6-15(25)23-13-9-18(2,3)24-19(4,5)10-13/h8,11,13,24H,6-7,9-10H2,1-5H3,(H,23,25)(H,20,21,22). The van der Waals surface area contributed by atoms with Crippen molar-refractivity contribution in [2.24, 2.45) is 0 Å². The number of hydrogen-bond acceptors (Lipinski definition) is 6. The number of fused-ring (bicyclic) bond motifs is 1. The smallest absolute Gasteiger partial charge is 0.221 e. The van der Waals surface area contributed by atoms with Crippen LogP contribution in [0.15, 0.2) is 12.4 Å². The number of thiophene rings is 1. The van der Waals surface area contributed by atoms with Crippen molar-refractivity contribution >= 4 is 33.3 Å². The number of hydrogen-bond donors (Lipinski definition) is 3. The molecular formula is C19H29N5OS. The van der Waals surface area contributed by atoms with Crippen LogP contribution < -0.4 is 16.0 Å². The van der Waals surface area contributed by atoms with Crippen molar-refractivity contribution in [1.29, 1.82) is 0 Å². The molecule has 1 aliphatic rings. The molecule has 1 aliphatic heterocycles. The summed E-state index contributed by atoms with van der Waals surface area (Å²) in [7, 11) is 0. The summed E-state index contributed by atoms with van der Waals surface area (Å²) >= 11 is 1.65. The lowest BCUT2D eigenvalue weighted by molar-refractivity contribution is -0.122. The van der Waals surface area contributed by atoms with Gasteiger partial charge in [-0.05, 0) is 53.5 Å². The first-order valence-electron chi connectivity index (χ1n) is 9.17. The van der Waals surface area contributed by atoms with Crippen LogP contribution in [0.5, 0.6) is 0 Å². The Bertz CT molecular complexity index is 782. The molecule has 0 atom stereocenters. The van der Waals surface area contributed by atoms with E-state index < -0.39 is 0 Å². The Morgan fingerprint density at radius 3 is 2.65 bits per heavy atom. The van der Waals surface area contributed by atoms with Gasteiger partial charge in [0.15, 0.2) is 0 Å². The molecule has 1 saturated heterocycles. The van der Waals surface area contributed by atoms with Crippen molar-refractivity contribution in [2.75, 3.05) is 11.9 Å². The second kappa shape index (κ2) is 7.12.